The van der Waals surface area contributed by atoms with E-state index in [-0.39, 0.29) is 23.9 Å². The molecule has 1 rings (SSSR count). The third-order valence-electron chi connectivity index (χ3n) is 2.08. The Morgan fingerprint density at radius 1 is 1.50 bits per heavy atom. The number of phenols is 1. The number of rotatable bonds is 4. The number of allylic oxidation sites excluding steroid dienone is 1. The minimum absolute atomic E-state index is 0.0717. The first-order chi connectivity index (χ1) is 7.58. The highest BCUT2D eigenvalue weighted by molar-refractivity contribution is 5.91. The predicted molar refractivity (Wildman–Crippen MR) is 60.3 cm³/mol. The van der Waals surface area contributed by atoms with Crippen molar-refractivity contribution in [2.45, 2.75) is 13.5 Å². The molecular formula is C12H14O4. The van der Waals surface area contributed by atoms with Gasteiger partial charge >= 0.3 is 0 Å². The first-order valence-corrected chi connectivity index (χ1v) is 4.78. The second kappa shape index (κ2) is 5.32. The van der Waals surface area contributed by atoms with Crippen LogP contribution in [-0.2, 0) is 11.4 Å². The van der Waals surface area contributed by atoms with Crippen LogP contribution in [0.5, 0.6) is 11.5 Å². The predicted octanol–water partition coefficient (Wildman–Crippen LogP) is 1.50. The molecule has 0 fully saturated rings. The lowest BCUT2D eigenvalue weighted by Gasteiger charge is -2.08. The van der Waals surface area contributed by atoms with Crippen molar-refractivity contribution in [3.8, 4) is 11.5 Å². The van der Waals surface area contributed by atoms with Crippen molar-refractivity contribution < 1.29 is 19.7 Å². The van der Waals surface area contributed by atoms with Crippen LogP contribution >= 0.6 is 0 Å². The van der Waals surface area contributed by atoms with Crippen LogP contribution in [0.1, 0.15) is 18.1 Å². The van der Waals surface area contributed by atoms with Crippen molar-refractivity contribution in [3.63, 3.8) is 0 Å². The molecule has 0 aliphatic rings. The first-order valence-electron chi connectivity index (χ1n) is 4.78. The SMILES string of the molecule is COc1cc(C=CC(C)=O)cc(CO)c1O. The number of aromatic hydroxyl groups is 1. The molecule has 0 aliphatic heterocycles. The fourth-order valence-corrected chi connectivity index (χ4v) is 1.28. The van der Waals surface area contributed by atoms with Crippen LogP contribution in [0.2, 0.25) is 0 Å². The molecule has 4 nitrogen and oxygen atoms in total. The van der Waals surface area contributed by atoms with Crippen molar-refractivity contribution >= 4 is 11.9 Å². The van der Waals surface area contributed by atoms with Crippen LogP contribution in [0.4, 0.5) is 0 Å². The fourth-order valence-electron chi connectivity index (χ4n) is 1.28. The van der Waals surface area contributed by atoms with Crippen molar-refractivity contribution in [1.82, 2.24) is 0 Å². The van der Waals surface area contributed by atoms with Crippen LogP contribution < -0.4 is 4.74 Å². The first kappa shape index (κ1) is 12.3. The van der Waals surface area contributed by atoms with E-state index in [1.807, 2.05) is 0 Å². The Balaban J connectivity index is 3.16. The topological polar surface area (TPSA) is 66.8 Å². The van der Waals surface area contributed by atoms with Gasteiger partial charge < -0.3 is 14.9 Å². The number of methoxy groups -OCH3 is 1. The molecule has 0 heterocycles. The number of aliphatic hydroxyl groups is 1. The van der Waals surface area contributed by atoms with E-state index in [4.69, 9.17) is 9.84 Å². The number of aliphatic hydroxyl groups excluding tert-OH is 1. The highest BCUT2D eigenvalue weighted by atomic mass is 16.5. The second-order valence-corrected chi connectivity index (χ2v) is 3.33. The van der Waals surface area contributed by atoms with Crippen LogP contribution in [0.3, 0.4) is 0 Å². The minimum Gasteiger partial charge on any atom is -0.504 e. The van der Waals surface area contributed by atoms with E-state index in [0.717, 1.165) is 0 Å². The maximum atomic E-state index is 10.8. The summed E-state index contributed by atoms with van der Waals surface area (Å²) in [6, 6.07) is 3.19. The van der Waals surface area contributed by atoms with Gasteiger partial charge in [0.2, 0.25) is 0 Å². The quantitative estimate of drug-likeness (QED) is 0.757. The lowest BCUT2D eigenvalue weighted by Crippen LogP contribution is -1.91. The van der Waals surface area contributed by atoms with Gasteiger partial charge in [0.15, 0.2) is 17.3 Å². The Morgan fingerprint density at radius 2 is 2.19 bits per heavy atom. The lowest BCUT2D eigenvalue weighted by atomic mass is 10.1. The average molecular weight is 222 g/mol. The monoisotopic (exact) mass is 222 g/mol. The van der Waals surface area contributed by atoms with Gasteiger partial charge in [-0.1, -0.05) is 6.08 Å². The zero-order valence-corrected chi connectivity index (χ0v) is 9.23. The second-order valence-electron chi connectivity index (χ2n) is 3.33. The van der Waals surface area contributed by atoms with Gasteiger partial charge in [-0.2, -0.15) is 0 Å². The van der Waals surface area contributed by atoms with E-state index in [1.165, 1.54) is 20.1 Å². The van der Waals surface area contributed by atoms with Crippen LogP contribution in [0.25, 0.3) is 6.08 Å². The Hall–Kier alpha value is -1.81. The number of ketones is 1. The van der Waals surface area contributed by atoms with Gasteiger partial charge in [-0.05, 0) is 30.7 Å². The van der Waals surface area contributed by atoms with Gasteiger partial charge in [-0.3, -0.25) is 4.79 Å². The largest absolute Gasteiger partial charge is 0.504 e. The van der Waals surface area contributed by atoms with Crippen LogP contribution in [0, 0.1) is 0 Å². The van der Waals surface area contributed by atoms with Gasteiger partial charge in [0, 0.05) is 5.56 Å². The summed E-state index contributed by atoms with van der Waals surface area (Å²) in [4.78, 5) is 10.8. The van der Waals surface area contributed by atoms with Gasteiger partial charge in [0.25, 0.3) is 0 Å². The number of hydrogen-bond donors (Lipinski definition) is 2. The van der Waals surface area contributed by atoms with Gasteiger partial charge in [0.05, 0.1) is 13.7 Å². The molecule has 0 aromatic heterocycles. The number of carbonyl (C=O) groups excluding carboxylic acids is 1. The summed E-state index contributed by atoms with van der Waals surface area (Å²) in [5.74, 6) is 0.123. The molecule has 0 saturated carbocycles. The smallest absolute Gasteiger partial charge is 0.163 e. The number of ether oxygens (including phenoxy) is 1. The average Bonchev–Trinajstić information content (AvgIpc) is 2.27. The summed E-state index contributed by atoms with van der Waals surface area (Å²) in [6.45, 7) is 1.16. The normalized spacial score (nSPS) is 10.7. The molecule has 0 radical (unpaired) electrons. The molecule has 0 spiro atoms. The van der Waals surface area contributed by atoms with E-state index >= 15 is 0 Å². The summed E-state index contributed by atoms with van der Waals surface area (Å²) in [5, 5.41) is 18.6. The summed E-state index contributed by atoms with van der Waals surface area (Å²) >= 11 is 0. The fraction of sp³-hybridized carbons (Fsp3) is 0.250. The standard InChI is InChI=1S/C12H14O4/c1-8(14)3-4-9-5-10(7-13)12(15)11(6-9)16-2/h3-6,13,15H,7H2,1-2H3. The molecular weight excluding hydrogens is 208 g/mol. The van der Waals surface area contributed by atoms with Crippen LogP contribution in [0.15, 0.2) is 18.2 Å². The molecule has 0 atom stereocenters. The molecule has 1 aromatic carbocycles. The molecule has 0 aliphatic carbocycles. The third-order valence-corrected chi connectivity index (χ3v) is 2.08. The molecule has 0 saturated heterocycles. The van der Waals surface area contributed by atoms with E-state index in [0.29, 0.717) is 11.1 Å². The Bertz CT molecular complexity index is 396. The van der Waals surface area contributed by atoms with Gasteiger partial charge in [-0.15, -0.1) is 0 Å². The molecule has 0 unspecified atom stereocenters. The Morgan fingerprint density at radius 3 is 2.69 bits per heavy atom. The van der Waals surface area contributed by atoms with Gasteiger partial charge in [0.1, 0.15) is 0 Å². The number of benzene rings is 1. The lowest BCUT2D eigenvalue weighted by molar-refractivity contribution is -0.112. The maximum Gasteiger partial charge on any atom is 0.163 e. The van der Waals surface area contributed by atoms with E-state index in [2.05, 4.69) is 0 Å². The molecule has 1 aromatic rings. The third kappa shape index (κ3) is 2.84. The minimum atomic E-state index is -0.288. The number of carbonyl (C=O) groups is 1. The summed E-state index contributed by atoms with van der Waals surface area (Å²) in [7, 11) is 1.43. The highest BCUT2D eigenvalue weighted by Crippen LogP contribution is 2.31. The molecule has 0 bridgehead atoms. The summed E-state index contributed by atoms with van der Waals surface area (Å²) in [6.07, 6.45) is 3.01. The van der Waals surface area contributed by atoms with E-state index in [1.54, 1.807) is 18.2 Å². The summed E-state index contributed by atoms with van der Waals surface area (Å²) in [5.41, 5.74) is 1.05. The van der Waals surface area contributed by atoms with E-state index in [9.17, 15) is 9.90 Å². The zero-order valence-electron chi connectivity index (χ0n) is 9.23. The zero-order chi connectivity index (χ0) is 12.1. The molecule has 86 valence electrons. The summed E-state index contributed by atoms with van der Waals surface area (Å²) < 4.78 is 4.96. The molecule has 16 heavy (non-hydrogen) atoms. The Kier molecular flexibility index (Phi) is 4.08. The van der Waals surface area contributed by atoms with Crippen molar-refractivity contribution in [3.05, 3.63) is 29.3 Å². The molecule has 0 amide bonds. The molecule has 2 N–H and O–H groups in total. The van der Waals surface area contributed by atoms with Crippen molar-refractivity contribution in [1.29, 1.82) is 0 Å². The molecule has 4 heteroatoms. The number of hydrogen-bond acceptors (Lipinski definition) is 4. The van der Waals surface area contributed by atoms with E-state index < -0.39 is 0 Å². The van der Waals surface area contributed by atoms with Gasteiger partial charge in [-0.25, -0.2) is 0 Å². The van der Waals surface area contributed by atoms with Crippen LogP contribution in [-0.4, -0.2) is 23.1 Å². The van der Waals surface area contributed by atoms with Crippen molar-refractivity contribution in [2.24, 2.45) is 0 Å². The van der Waals surface area contributed by atoms with Crippen molar-refractivity contribution in [2.75, 3.05) is 7.11 Å². The highest BCUT2D eigenvalue weighted by Gasteiger charge is 2.08. The Labute approximate surface area is 93.8 Å². The maximum absolute atomic E-state index is 10.8.